The Morgan fingerprint density at radius 2 is 1.96 bits per heavy atom. The number of likely N-dealkylation sites (tertiary alicyclic amines) is 1. The van der Waals surface area contributed by atoms with Crippen LogP contribution in [-0.4, -0.2) is 41.5 Å². The van der Waals surface area contributed by atoms with E-state index in [1.807, 2.05) is 4.90 Å². The van der Waals surface area contributed by atoms with Gasteiger partial charge in [-0.15, -0.1) is 0 Å². The van der Waals surface area contributed by atoms with E-state index in [1.165, 1.54) is 23.6 Å². The number of aryl methyl sites for hydroxylation is 2. The average molecular weight is 342 g/mol. The number of fused-ring (bicyclic) bond motifs is 1. The second-order valence-electron chi connectivity index (χ2n) is 6.87. The molecule has 3 rings (SSSR count). The number of ether oxygens (including phenoxy) is 1. The van der Waals surface area contributed by atoms with Crippen LogP contribution >= 0.6 is 0 Å². The number of benzene rings is 1. The lowest BCUT2D eigenvalue weighted by atomic mass is 9.93. The third kappa shape index (κ3) is 4.03. The maximum atomic E-state index is 12.5. The third-order valence-electron chi connectivity index (χ3n) is 5.25. The molecule has 1 aromatic carbocycles. The molecule has 0 atom stereocenters. The van der Waals surface area contributed by atoms with E-state index < -0.39 is 0 Å². The lowest BCUT2D eigenvalue weighted by Crippen LogP contribution is -2.39. The summed E-state index contributed by atoms with van der Waals surface area (Å²) in [5, 5.41) is 1.25. The summed E-state index contributed by atoms with van der Waals surface area (Å²) in [6.45, 7) is 4.29. The Morgan fingerprint density at radius 1 is 1.20 bits per heavy atom. The Kier molecular flexibility index (Phi) is 5.41. The van der Waals surface area contributed by atoms with Crippen LogP contribution in [0.3, 0.4) is 0 Å². The molecule has 1 fully saturated rings. The fourth-order valence-electron chi connectivity index (χ4n) is 3.65. The van der Waals surface area contributed by atoms with Crippen LogP contribution < -0.4 is 0 Å². The highest BCUT2D eigenvalue weighted by Gasteiger charge is 2.24. The minimum absolute atomic E-state index is 0.153. The summed E-state index contributed by atoms with van der Waals surface area (Å²) in [4.78, 5) is 25.8. The number of aromatic nitrogens is 1. The SMILES string of the molecule is COC(=O)CC1CCN(C(=O)CCn2ccc3c(C)cccc32)CC1. The standard InChI is InChI=1S/C20H26N2O3/c1-15-4-3-5-18-17(15)8-12-21(18)13-9-19(23)22-10-6-16(7-11-22)14-20(24)25-2/h3-5,8,12,16H,6-7,9-11,13-14H2,1-2H3. The van der Waals surface area contributed by atoms with Crippen LogP contribution in [0.15, 0.2) is 30.5 Å². The summed E-state index contributed by atoms with van der Waals surface area (Å²) >= 11 is 0. The Morgan fingerprint density at radius 3 is 2.68 bits per heavy atom. The van der Waals surface area contributed by atoms with Gasteiger partial charge in [-0.05, 0) is 43.4 Å². The Hall–Kier alpha value is -2.30. The number of piperidine rings is 1. The number of carbonyl (C=O) groups excluding carboxylic acids is 2. The van der Waals surface area contributed by atoms with Crippen molar-refractivity contribution in [3.8, 4) is 0 Å². The first-order valence-corrected chi connectivity index (χ1v) is 8.97. The fraction of sp³-hybridized carbons (Fsp3) is 0.500. The number of nitrogens with zero attached hydrogens (tertiary/aromatic N) is 2. The normalized spacial score (nSPS) is 15.5. The van der Waals surface area contributed by atoms with Crippen LogP contribution in [0.2, 0.25) is 0 Å². The number of rotatable bonds is 5. The zero-order valence-electron chi connectivity index (χ0n) is 15.0. The van der Waals surface area contributed by atoms with Gasteiger partial charge < -0.3 is 14.2 Å². The molecule has 1 amide bonds. The van der Waals surface area contributed by atoms with E-state index in [2.05, 4.69) is 42.0 Å². The summed E-state index contributed by atoms with van der Waals surface area (Å²) in [6, 6.07) is 8.39. The molecule has 1 aliphatic rings. The molecule has 1 aromatic heterocycles. The van der Waals surface area contributed by atoms with Crippen LogP contribution in [0.4, 0.5) is 0 Å². The van der Waals surface area contributed by atoms with Crippen LogP contribution in [0, 0.1) is 12.8 Å². The third-order valence-corrected chi connectivity index (χ3v) is 5.25. The van der Waals surface area contributed by atoms with Gasteiger partial charge in [0.05, 0.1) is 7.11 Å². The van der Waals surface area contributed by atoms with Gasteiger partial charge in [0.15, 0.2) is 0 Å². The zero-order chi connectivity index (χ0) is 17.8. The van der Waals surface area contributed by atoms with E-state index in [0.717, 1.165) is 25.9 Å². The summed E-state index contributed by atoms with van der Waals surface area (Å²) < 4.78 is 6.89. The van der Waals surface area contributed by atoms with Gasteiger partial charge in [0.2, 0.25) is 5.91 Å². The first-order chi connectivity index (χ1) is 12.1. The minimum Gasteiger partial charge on any atom is -0.469 e. The van der Waals surface area contributed by atoms with Crippen molar-refractivity contribution in [3.63, 3.8) is 0 Å². The molecule has 5 nitrogen and oxygen atoms in total. The molecular weight excluding hydrogens is 316 g/mol. The lowest BCUT2D eigenvalue weighted by molar-refractivity contribution is -0.142. The van der Waals surface area contributed by atoms with E-state index in [4.69, 9.17) is 4.74 Å². The highest BCUT2D eigenvalue weighted by molar-refractivity contribution is 5.83. The lowest BCUT2D eigenvalue weighted by Gasteiger charge is -2.31. The predicted molar refractivity (Wildman–Crippen MR) is 97.2 cm³/mol. The molecular formula is C20H26N2O3. The second-order valence-corrected chi connectivity index (χ2v) is 6.87. The van der Waals surface area contributed by atoms with Crippen molar-refractivity contribution in [1.29, 1.82) is 0 Å². The van der Waals surface area contributed by atoms with E-state index in [1.54, 1.807) is 0 Å². The van der Waals surface area contributed by atoms with Crippen LogP contribution in [0.1, 0.15) is 31.2 Å². The maximum absolute atomic E-state index is 12.5. The number of esters is 1. The molecule has 1 saturated heterocycles. The van der Waals surface area contributed by atoms with Gasteiger partial charge in [0.25, 0.3) is 0 Å². The number of hydrogen-bond donors (Lipinski definition) is 0. The van der Waals surface area contributed by atoms with Crippen LogP contribution in [-0.2, 0) is 20.9 Å². The minimum atomic E-state index is -0.153. The highest BCUT2D eigenvalue weighted by Crippen LogP contribution is 2.22. The molecule has 0 radical (unpaired) electrons. The van der Waals surface area contributed by atoms with Crippen LogP contribution in [0.25, 0.3) is 10.9 Å². The first-order valence-electron chi connectivity index (χ1n) is 8.97. The summed E-state index contributed by atoms with van der Waals surface area (Å²) in [6.07, 6.45) is 4.80. The monoisotopic (exact) mass is 342 g/mol. The molecule has 5 heteroatoms. The molecule has 0 aliphatic carbocycles. The smallest absolute Gasteiger partial charge is 0.305 e. The van der Waals surface area contributed by atoms with Gasteiger partial charge in [0.1, 0.15) is 0 Å². The van der Waals surface area contributed by atoms with E-state index >= 15 is 0 Å². The van der Waals surface area contributed by atoms with E-state index in [9.17, 15) is 9.59 Å². The van der Waals surface area contributed by atoms with Gasteiger partial charge >= 0.3 is 5.97 Å². The largest absolute Gasteiger partial charge is 0.469 e. The molecule has 0 spiro atoms. The van der Waals surface area contributed by atoms with Gasteiger partial charge in [0, 0.05) is 49.6 Å². The molecule has 0 unspecified atom stereocenters. The second kappa shape index (κ2) is 7.72. The number of amides is 1. The molecule has 0 bridgehead atoms. The van der Waals surface area contributed by atoms with Gasteiger partial charge in [-0.1, -0.05) is 12.1 Å². The topological polar surface area (TPSA) is 51.5 Å². The van der Waals surface area contributed by atoms with Crippen LogP contribution in [0.5, 0.6) is 0 Å². The van der Waals surface area contributed by atoms with E-state index in [-0.39, 0.29) is 11.9 Å². The van der Waals surface area contributed by atoms with Crippen molar-refractivity contribution in [2.45, 2.75) is 39.2 Å². The summed E-state index contributed by atoms with van der Waals surface area (Å²) in [7, 11) is 1.42. The molecule has 134 valence electrons. The van der Waals surface area contributed by atoms with Crippen molar-refractivity contribution in [1.82, 2.24) is 9.47 Å². The fourth-order valence-corrected chi connectivity index (χ4v) is 3.65. The van der Waals surface area contributed by atoms with Crippen molar-refractivity contribution < 1.29 is 14.3 Å². The number of carbonyl (C=O) groups is 2. The Balaban J connectivity index is 1.51. The molecule has 25 heavy (non-hydrogen) atoms. The summed E-state index contributed by atoms with van der Waals surface area (Å²) in [5.41, 5.74) is 2.44. The molecule has 0 N–H and O–H groups in total. The first kappa shape index (κ1) is 17.5. The van der Waals surface area contributed by atoms with Crippen molar-refractivity contribution >= 4 is 22.8 Å². The van der Waals surface area contributed by atoms with Crippen molar-refractivity contribution in [3.05, 3.63) is 36.0 Å². The zero-order valence-corrected chi connectivity index (χ0v) is 15.0. The molecule has 2 heterocycles. The Bertz CT molecular complexity index is 757. The quantitative estimate of drug-likeness (QED) is 0.785. The number of hydrogen-bond acceptors (Lipinski definition) is 3. The van der Waals surface area contributed by atoms with Crippen molar-refractivity contribution in [2.75, 3.05) is 20.2 Å². The van der Waals surface area contributed by atoms with E-state index in [0.29, 0.717) is 25.3 Å². The van der Waals surface area contributed by atoms with Gasteiger partial charge in [-0.3, -0.25) is 9.59 Å². The summed E-state index contributed by atoms with van der Waals surface area (Å²) in [5.74, 6) is 0.387. The average Bonchev–Trinajstić information content (AvgIpc) is 3.04. The molecule has 2 aromatic rings. The molecule has 1 aliphatic heterocycles. The maximum Gasteiger partial charge on any atom is 0.305 e. The molecule has 0 saturated carbocycles. The number of methoxy groups -OCH3 is 1. The Labute approximate surface area is 148 Å². The highest BCUT2D eigenvalue weighted by atomic mass is 16.5. The van der Waals surface area contributed by atoms with Gasteiger partial charge in [-0.25, -0.2) is 0 Å². The van der Waals surface area contributed by atoms with Gasteiger partial charge in [-0.2, -0.15) is 0 Å². The van der Waals surface area contributed by atoms with Crippen molar-refractivity contribution in [2.24, 2.45) is 5.92 Å². The predicted octanol–water partition coefficient (Wildman–Crippen LogP) is 3.14.